The lowest BCUT2D eigenvalue weighted by Crippen LogP contribution is -2.52. The van der Waals surface area contributed by atoms with Crippen LogP contribution in [0.15, 0.2) is 24.3 Å². The molecule has 7 nitrogen and oxygen atoms in total. The van der Waals surface area contributed by atoms with Crippen molar-refractivity contribution >= 4 is 11.8 Å². The second-order valence-electron chi connectivity index (χ2n) is 5.99. The first-order chi connectivity index (χ1) is 12.1. The van der Waals surface area contributed by atoms with E-state index in [2.05, 4.69) is 0 Å². The number of rotatable bonds is 7. The van der Waals surface area contributed by atoms with Gasteiger partial charge in [-0.1, -0.05) is 24.3 Å². The van der Waals surface area contributed by atoms with Crippen LogP contribution in [0.5, 0.6) is 0 Å². The monoisotopic (exact) mass is 339 g/mol. The summed E-state index contributed by atoms with van der Waals surface area (Å²) in [6, 6.07) is 11.3. The lowest BCUT2D eigenvalue weighted by atomic mass is 9.93. The van der Waals surface area contributed by atoms with Crippen molar-refractivity contribution in [1.29, 1.82) is 10.5 Å². The van der Waals surface area contributed by atoms with Gasteiger partial charge in [0.05, 0.1) is 37.6 Å². The first-order valence-electron chi connectivity index (χ1n) is 8.18. The van der Waals surface area contributed by atoms with Crippen LogP contribution in [0.2, 0.25) is 0 Å². The topological polar surface area (TPSA) is 114 Å². The Kier molecular flexibility index (Phi) is 6.50. The first-order valence-corrected chi connectivity index (χ1v) is 8.18. The zero-order valence-electron chi connectivity index (χ0n) is 14.0. The molecule has 0 radical (unpaired) electrons. The van der Waals surface area contributed by atoms with Gasteiger partial charge >= 0.3 is 0 Å². The normalized spacial score (nSPS) is 16.3. The second kappa shape index (κ2) is 8.81. The maximum absolute atomic E-state index is 12.6. The van der Waals surface area contributed by atoms with Gasteiger partial charge in [0.2, 0.25) is 11.8 Å². The number of carbonyl (C=O) groups excluding carboxylic acids is 2. The third-order valence-corrected chi connectivity index (χ3v) is 4.35. The molecule has 0 unspecified atom stereocenters. The van der Waals surface area contributed by atoms with Gasteiger partial charge in [0, 0.05) is 19.6 Å². The summed E-state index contributed by atoms with van der Waals surface area (Å²) in [6.45, 7) is 1.07. The van der Waals surface area contributed by atoms with Gasteiger partial charge in [0.1, 0.15) is 0 Å². The summed E-state index contributed by atoms with van der Waals surface area (Å²) >= 11 is 0. The molecule has 1 aromatic rings. The Labute approximate surface area is 147 Å². The van der Waals surface area contributed by atoms with E-state index in [1.54, 1.807) is 4.90 Å². The number of nitrogens with zero attached hydrogens (tertiary/aromatic N) is 4. The highest BCUT2D eigenvalue weighted by Crippen LogP contribution is 2.23. The third-order valence-electron chi connectivity index (χ3n) is 4.35. The first kappa shape index (κ1) is 18.4. The van der Waals surface area contributed by atoms with Crippen molar-refractivity contribution in [2.75, 3.05) is 19.6 Å². The van der Waals surface area contributed by atoms with Crippen LogP contribution in [0.1, 0.15) is 24.0 Å². The molecule has 0 fully saturated rings. The number of amides is 2. The van der Waals surface area contributed by atoms with E-state index < -0.39 is 11.9 Å². The molecule has 2 amide bonds. The van der Waals surface area contributed by atoms with Crippen molar-refractivity contribution in [3.63, 3.8) is 0 Å². The van der Waals surface area contributed by atoms with Gasteiger partial charge in [-0.25, -0.2) is 0 Å². The Morgan fingerprint density at radius 3 is 2.32 bits per heavy atom. The Morgan fingerprint density at radius 1 is 1.16 bits per heavy atom. The highest BCUT2D eigenvalue weighted by molar-refractivity contribution is 5.83. The molecular formula is C18H21N5O2. The molecule has 0 saturated heterocycles. The van der Waals surface area contributed by atoms with E-state index in [0.29, 0.717) is 13.0 Å². The maximum atomic E-state index is 12.6. The van der Waals surface area contributed by atoms with E-state index >= 15 is 0 Å². The highest BCUT2D eigenvalue weighted by Gasteiger charge is 2.32. The molecule has 0 saturated carbocycles. The van der Waals surface area contributed by atoms with Crippen molar-refractivity contribution in [2.24, 2.45) is 5.73 Å². The largest absolute Gasteiger partial charge is 0.368 e. The van der Waals surface area contributed by atoms with Gasteiger partial charge in [-0.3, -0.25) is 14.5 Å². The molecule has 0 spiro atoms. The lowest BCUT2D eigenvalue weighted by Gasteiger charge is -2.35. The molecule has 7 heteroatoms. The van der Waals surface area contributed by atoms with Crippen LogP contribution < -0.4 is 5.73 Å². The van der Waals surface area contributed by atoms with Gasteiger partial charge in [0.15, 0.2) is 0 Å². The zero-order chi connectivity index (χ0) is 18.2. The number of primary amides is 1. The Bertz CT molecular complexity index is 701. The van der Waals surface area contributed by atoms with E-state index in [1.165, 1.54) is 4.90 Å². The standard InChI is InChI=1S/C18H21N5O2/c19-7-3-9-22(10-4-8-20)17(24)13-23-12-15-6-2-1-5-14(15)11-16(23)18(21)25/h1-2,5-6,16H,3-4,9-13H2,(H2,21,25)/t16-/m0/s1. The van der Waals surface area contributed by atoms with Crippen LogP contribution in [0, 0.1) is 22.7 Å². The van der Waals surface area contributed by atoms with E-state index in [-0.39, 0.29) is 38.4 Å². The van der Waals surface area contributed by atoms with Crippen LogP contribution in [0.4, 0.5) is 0 Å². The number of hydrogen-bond acceptors (Lipinski definition) is 5. The molecule has 25 heavy (non-hydrogen) atoms. The van der Waals surface area contributed by atoms with Crippen LogP contribution >= 0.6 is 0 Å². The number of benzene rings is 1. The fourth-order valence-corrected chi connectivity index (χ4v) is 3.03. The maximum Gasteiger partial charge on any atom is 0.236 e. The molecule has 1 heterocycles. The molecule has 130 valence electrons. The van der Waals surface area contributed by atoms with Gasteiger partial charge < -0.3 is 10.6 Å². The van der Waals surface area contributed by atoms with E-state index in [1.807, 2.05) is 36.4 Å². The quantitative estimate of drug-likeness (QED) is 0.779. The number of hydrogen-bond donors (Lipinski definition) is 1. The molecule has 0 bridgehead atoms. The molecule has 2 N–H and O–H groups in total. The molecule has 2 rings (SSSR count). The summed E-state index contributed by atoms with van der Waals surface area (Å²) in [7, 11) is 0. The Balaban J connectivity index is 2.12. The molecule has 1 aromatic carbocycles. The fraction of sp³-hybridized carbons (Fsp3) is 0.444. The van der Waals surface area contributed by atoms with Crippen molar-refractivity contribution < 1.29 is 9.59 Å². The summed E-state index contributed by atoms with van der Waals surface area (Å²) in [5.41, 5.74) is 7.68. The van der Waals surface area contributed by atoms with Gasteiger partial charge in [-0.2, -0.15) is 10.5 Å². The van der Waals surface area contributed by atoms with Crippen molar-refractivity contribution in [3.8, 4) is 12.1 Å². The van der Waals surface area contributed by atoms with E-state index in [9.17, 15) is 9.59 Å². The van der Waals surface area contributed by atoms with Crippen LogP contribution in [0.25, 0.3) is 0 Å². The van der Waals surface area contributed by atoms with Crippen LogP contribution in [-0.4, -0.2) is 47.3 Å². The summed E-state index contributed by atoms with van der Waals surface area (Å²) in [5.74, 6) is -0.654. The Hall–Kier alpha value is -2.90. The fourth-order valence-electron chi connectivity index (χ4n) is 3.03. The minimum absolute atomic E-state index is 0.0405. The molecule has 1 aliphatic heterocycles. The molecular weight excluding hydrogens is 318 g/mol. The van der Waals surface area contributed by atoms with E-state index in [0.717, 1.165) is 11.1 Å². The molecule has 0 aromatic heterocycles. The van der Waals surface area contributed by atoms with Gasteiger partial charge in [-0.15, -0.1) is 0 Å². The second-order valence-corrected chi connectivity index (χ2v) is 5.99. The number of nitriles is 2. The van der Waals surface area contributed by atoms with Crippen LogP contribution in [0.3, 0.4) is 0 Å². The average molecular weight is 339 g/mol. The minimum atomic E-state index is -0.535. The van der Waals surface area contributed by atoms with Crippen LogP contribution in [-0.2, 0) is 22.6 Å². The minimum Gasteiger partial charge on any atom is -0.368 e. The summed E-state index contributed by atoms with van der Waals surface area (Å²) in [4.78, 5) is 27.7. The highest BCUT2D eigenvalue weighted by atomic mass is 16.2. The smallest absolute Gasteiger partial charge is 0.236 e. The zero-order valence-corrected chi connectivity index (χ0v) is 14.0. The summed E-state index contributed by atoms with van der Waals surface area (Å²) in [6.07, 6.45) is 0.897. The number of nitrogens with two attached hydrogens (primary N) is 1. The predicted molar refractivity (Wildman–Crippen MR) is 90.6 cm³/mol. The molecule has 0 aliphatic carbocycles. The third kappa shape index (κ3) is 4.79. The predicted octanol–water partition coefficient (Wildman–Crippen LogP) is 0.555. The summed E-state index contributed by atoms with van der Waals surface area (Å²) < 4.78 is 0. The molecule has 1 atom stereocenters. The van der Waals surface area contributed by atoms with Gasteiger partial charge in [-0.05, 0) is 17.5 Å². The van der Waals surface area contributed by atoms with Crippen molar-refractivity contribution in [1.82, 2.24) is 9.80 Å². The summed E-state index contributed by atoms with van der Waals surface area (Å²) in [5, 5.41) is 17.5. The van der Waals surface area contributed by atoms with Crippen molar-refractivity contribution in [2.45, 2.75) is 31.8 Å². The van der Waals surface area contributed by atoms with E-state index in [4.69, 9.17) is 16.3 Å². The Morgan fingerprint density at radius 2 is 1.76 bits per heavy atom. The lowest BCUT2D eigenvalue weighted by molar-refractivity contribution is -0.134. The SMILES string of the molecule is N#CCCN(CCC#N)C(=O)CN1Cc2ccccc2C[C@H]1C(N)=O. The molecule has 1 aliphatic rings. The van der Waals surface area contributed by atoms with Gasteiger partial charge in [0.25, 0.3) is 0 Å². The van der Waals surface area contributed by atoms with Crippen molar-refractivity contribution in [3.05, 3.63) is 35.4 Å². The average Bonchev–Trinajstić information content (AvgIpc) is 2.61. The number of carbonyl (C=O) groups is 2. The number of fused-ring (bicyclic) bond motifs is 1.